The van der Waals surface area contributed by atoms with Crippen LogP contribution < -0.4 is 5.56 Å². The molecule has 8 nitrogen and oxygen atoms in total. The van der Waals surface area contributed by atoms with Gasteiger partial charge in [-0.3, -0.25) is 14.9 Å². The van der Waals surface area contributed by atoms with Crippen LogP contribution in [0.5, 0.6) is 0 Å². The third-order valence-corrected chi connectivity index (χ3v) is 5.87. The molecule has 27 heavy (non-hydrogen) atoms. The number of carbonyl (C=O) groups excluding carboxylic acids is 1. The first kappa shape index (κ1) is 17.3. The van der Waals surface area contributed by atoms with Crippen molar-refractivity contribution in [2.24, 2.45) is 0 Å². The molecule has 1 N–H and O–H groups in total. The SMILES string of the molecule is Cc1c(C(=O)OCc2nc3sc4c(c3c(=O)[nH]2)CCC4)cccc1[N+](=O)[O-]. The highest BCUT2D eigenvalue weighted by Gasteiger charge is 2.22. The van der Waals surface area contributed by atoms with Crippen molar-refractivity contribution < 1.29 is 14.5 Å². The highest BCUT2D eigenvalue weighted by atomic mass is 32.1. The van der Waals surface area contributed by atoms with Crippen LogP contribution in [-0.2, 0) is 24.2 Å². The summed E-state index contributed by atoms with van der Waals surface area (Å²) < 4.78 is 5.22. The van der Waals surface area contributed by atoms with Gasteiger partial charge in [-0.15, -0.1) is 11.3 Å². The van der Waals surface area contributed by atoms with E-state index in [2.05, 4.69) is 9.97 Å². The van der Waals surface area contributed by atoms with Gasteiger partial charge in [0.15, 0.2) is 0 Å². The minimum atomic E-state index is -0.701. The number of aromatic nitrogens is 2. The van der Waals surface area contributed by atoms with Gasteiger partial charge in [0.2, 0.25) is 0 Å². The van der Waals surface area contributed by atoms with E-state index in [-0.39, 0.29) is 34.8 Å². The summed E-state index contributed by atoms with van der Waals surface area (Å²) in [5, 5.41) is 11.6. The summed E-state index contributed by atoms with van der Waals surface area (Å²) >= 11 is 1.51. The third-order valence-electron chi connectivity index (χ3n) is 4.69. The fraction of sp³-hybridized carbons (Fsp3) is 0.278. The number of fused-ring (bicyclic) bond motifs is 3. The summed E-state index contributed by atoms with van der Waals surface area (Å²) in [6.07, 6.45) is 2.91. The topological polar surface area (TPSA) is 115 Å². The molecule has 0 spiro atoms. The molecule has 0 amide bonds. The van der Waals surface area contributed by atoms with E-state index >= 15 is 0 Å². The highest BCUT2D eigenvalue weighted by Crippen LogP contribution is 2.34. The average Bonchev–Trinajstić information content (AvgIpc) is 3.20. The molecule has 0 aliphatic heterocycles. The number of carbonyl (C=O) groups is 1. The Bertz CT molecular complexity index is 1150. The first-order chi connectivity index (χ1) is 13.0. The van der Waals surface area contributed by atoms with Gasteiger partial charge >= 0.3 is 5.97 Å². The standard InChI is InChI=1S/C18H15N3O5S/c1-9-10(4-2-6-12(9)21(24)25)18(23)26-8-14-19-16(22)15-11-5-3-7-13(11)27-17(15)20-14/h2,4,6H,3,5,7-8H2,1H3,(H,19,20,22). The minimum absolute atomic E-state index is 0.114. The Kier molecular flexibility index (Phi) is 4.23. The number of nitrogens with one attached hydrogen (secondary N) is 1. The van der Waals surface area contributed by atoms with E-state index in [1.54, 1.807) is 0 Å². The second-order valence-corrected chi connectivity index (χ2v) is 7.42. The number of H-pyrrole nitrogens is 1. The smallest absolute Gasteiger partial charge is 0.339 e. The Hall–Kier alpha value is -3.07. The molecule has 138 valence electrons. The summed E-state index contributed by atoms with van der Waals surface area (Å²) in [4.78, 5) is 44.1. The maximum absolute atomic E-state index is 12.4. The van der Waals surface area contributed by atoms with Gasteiger partial charge in [-0.05, 0) is 37.8 Å². The van der Waals surface area contributed by atoms with Gasteiger partial charge in [-0.25, -0.2) is 9.78 Å². The lowest BCUT2D eigenvalue weighted by atomic mass is 10.1. The molecule has 1 aliphatic carbocycles. The molecule has 0 atom stereocenters. The number of nitro benzene ring substituents is 1. The fourth-order valence-corrected chi connectivity index (χ4v) is 4.65. The number of esters is 1. The number of hydrogen-bond acceptors (Lipinski definition) is 7. The van der Waals surface area contributed by atoms with Gasteiger partial charge in [0.25, 0.3) is 11.2 Å². The lowest BCUT2D eigenvalue weighted by Crippen LogP contribution is -2.15. The van der Waals surface area contributed by atoms with Crippen LogP contribution in [0.15, 0.2) is 23.0 Å². The molecule has 0 saturated heterocycles. The predicted octanol–water partition coefficient (Wildman–Crippen LogP) is 3.05. The van der Waals surface area contributed by atoms with E-state index in [0.717, 1.165) is 24.8 Å². The number of aromatic amines is 1. The molecule has 0 bridgehead atoms. The summed E-state index contributed by atoms with van der Waals surface area (Å²) in [5.41, 5.74) is 1.06. The Balaban J connectivity index is 1.57. The fourth-order valence-electron chi connectivity index (χ4n) is 3.37. The number of benzene rings is 1. The Morgan fingerprint density at radius 1 is 1.41 bits per heavy atom. The second kappa shape index (κ2) is 6.58. The van der Waals surface area contributed by atoms with Crippen LogP contribution >= 0.6 is 11.3 Å². The highest BCUT2D eigenvalue weighted by molar-refractivity contribution is 7.18. The van der Waals surface area contributed by atoms with Gasteiger partial charge in [-0.2, -0.15) is 0 Å². The summed E-state index contributed by atoms with van der Waals surface area (Å²) in [5.74, 6) is -0.448. The number of nitro groups is 1. The predicted molar refractivity (Wildman–Crippen MR) is 99.2 cm³/mol. The van der Waals surface area contributed by atoms with E-state index in [9.17, 15) is 19.7 Å². The van der Waals surface area contributed by atoms with Crippen LogP contribution in [0.25, 0.3) is 10.2 Å². The lowest BCUT2D eigenvalue weighted by Gasteiger charge is -2.07. The summed E-state index contributed by atoms with van der Waals surface area (Å²) in [6.45, 7) is 1.28. The number of nitrogens with zero attached hydrogens (tertiary/aromatic N) is 2. The Labute approximate surface area is 157 Å². The largest absolute Gasteiger partial charge is 0.454 e. The molecule has 3 aromatic rings. The van der Waals surface area contributed by atoms with Gasteiger partial charge in [0, 0.05) is 16.5 Å². The molecule has 0 saturated carbocycles. The molecular formula is C18H15N3O5S. The molecule has 1 aliphatic rings. The van der Waals surface area contributed by atoms with Crippen LogP contribution in [0.4, 0.5) is 5.69 Å². The van der Waals surface area contributed by atoms with Crippen LogP contribution in [0.2, 0.25) is 0 Å². The van der Waals surface area contributed by atoms with Gasteiger partial charge in [0.05, 0.1) is 15.9 Å². The van der Waals surface area contributed by atoms with Gasteiger partial charge in [-0.1, -0.05) is 6.07 Å². The van der Waals surface area contributed by atoms with Crippen molar-refractivity contribution in [3.63, 3.8) is 0 Å². The van der Waals surface area contributed by atoms with Crippen LogP contribution in [-0.4, -0.2) is 20.9 Å². The molecule has 0 unspecified atom stereocenters. The maximum Gasteiger partial charge on any atom is 0.339 e. The quantitative estimate of drug-likeness (QED) is 0.419. The van der Waals surface area contributed by atoms with Crippen molar-refractivity contribution in [3.8, 4) is 0 Å². The van der Waals surface area contributed by atoms with E-state index in [4.69, 9.17) is 4.74 Å². The molecule has 2 aromatic heterocycles. The molecule has 2 heterocycles. The first-order valence-electron chi connectivity index (χ1n) is 8.40. The van der Waals surface area contributed by atoms with Gasteiger partial charge < -0.3 is 9.72 Å². The van der Waals surface area contributed by atoms with Crippen molar-refractivity contribution in [1.29, 1.82) is 0 Å². The molecule has 1 aromatic carbocycles. The summed E-state index contributed by atoms with van der Waals surface area (Å²) in [6, 6.07) is 4.23. The monoisotopic (exact) mass is 385 g/mol. The van der Waals surface area contributed by atoms with Gasteiger partial charge in [0.1, 0.15) is 17.3 Å². The zero-order chi connectivity index (χ0) is 19.1. The average molecular weight is 385 g/mol. The summed E-state index contributed by atoms with van der Waals surface area (Å²) in [7, 11) is 0. The van der Waals surface area contributed by atoms with E-state index in [1.807, 2.05) is 0 Å². The zero-order valence-electron chi connectivity index (χ0n) is 14.4. The van der Waals surface area contributed by atoms with Crippen molar-refractivity contribution in [3.05, 3.63) is 66.1 Å². The molecule has 9 heteroatoms. The zero-order valence-corrected chi connectivity index (χ0v) is 15.2. The van der Waals surface area contributed by atoms with Crippen molar-refractivity contribution in [1.82, 2.24) is 9.97 Å². The minimum Gasteiger partial charge on any atom is -0.454 e. The maximum atomic E-state index is 12.4. The Morgan fingerprint density at radius 3 is 3.00 bits per heavy atom. The van der Waals surface area contributed by atoms with Crippen LogP contribution in [0, 0.1) is 17.0 Å². The molecule has 0 fully saturated rings. The number of hydrogen-bond donors (Lipinski definition) is 1. The van der Waals surface area contributed by atoms with E-state index in [0.29, 0.717) is 10.2 Å². The molecule has 0 radical (unpaired) electrons. The molecule has 4 rings (SSSR count). The molecular weight excluding hydrogens is 370 g/mol. The van der Waals surface area contributed by atoms with Crippen molar-refractivity contribution >= 4 is 33.2 Å². The first-order valence-corrected chi connectivity index (χ1v) is 9.22. The van der Waals surface area contributed by atoms with Crippen LogP contribution in [0.1, 0.15) is 38.6 Å². The lowest BCUT2D eigenvalue weighted by molar-refractivity contribution is -0.385. The second-order valence-electron chi connectivity index (χ2n) is 6.33. The van der Waals surface area contributed by atoms with Crippen molar-refractivity contribution in [2.45, 2.75) is 32.8 Å². The number of thiophene rings is 1. The third kappa shape index (κ3) is 2.99. The number of ether oxygens (including phenoxy) is 1. The van der Waals surface area contributed by atoms with Crippen molar-refractivity contribution in [2.75, 3.05) is 0 Å². The number of aryl methyl sites for hydroxylation is 2. The van der Waals surface area contributed by atoms with Crippen LogP contribution in [0.3, 0.4) is 0 Å². The van der Waals surface area contributed by atoms with E-state index in [1.165, 1.54) is 41.3 Å². The number of rotatable bonds is 4. The Morgan fingerprint density at radius 2 is 2.22 bits per heavy atom. The van der Waals surface area contributed by atoms with E-state index < -0.39 is 10.9 Å². The normalized spacial score (nSPS) is 12.9.